The monoisotopic (exact) mass is 433 g/mol. The summed E-state index contributed by atoms with van der Waals surface area (Å²) in [5, 5.41) is 13.1. The number of amides is 1. The topological polar surface area (TPSA) is 76.4 Å². The van der Waals surface area contributed by atoms with Gasteiger partial charge in [-0.3, -0.25) is 9.78 Å². The minimum Gasteiger partial charge on any atom is -0.406 e. The van der Waals surface area contributed by atoms with Gasteiger partial charge in [0.15, 0.2) is 0 Å². The van der Waals surface area contributed by atoms with Crippen LogP contribution in [0.3, 0.4) is 0 Å². The van der Waals surface area contributed by atoms with E-state index in [-0.39, 0.29) is 17.7 Å². The summed E-state index contributed by atoms with van der Waals surface area (Å²) in [4.78, 5) is 17.3. The fraction of sp³-hybridized carbons (Fsp3) is 0.364. The number of carbonyl (C=O) groups excluding carboxylic acids is 1. The lowest BCUT2D eigenvalue weighted by Crippen LogP contribution is -2.45. The molecule has 1 saturated carbocycles. The predicted molar refractivity (Wildman–Crippen MR) is 108 cm³/mol. The van der Waals surface area contributed by atoms with Gasteiger partial charge in [0.1, 0.15) is 11.3 Å². The van der Waals surface area contributed by atoms with Gasteiger partial charge in [0.05, 0.1) is 23.2 Å². The number of hydrogen-bond acceptors (Lipinski definition) is 4. The number of pyridine rings is 1. The highest BCUT2D eigenvalue weighted by atomic mass is 19.4. The molecule has 1 fully saturated rings. The van der Waals surface area contributed by atoms with Crippen molar-refractivity contribution in [2.75, 3.05) is 0 Å². The Kier molecular flexibility index (Phi) is 5.86. The molecule has 1 amide bonds. The van der Waals surface area contributed by atoms with Crippen molar-refractivity contribution >= 4 is 16.9 Å². The van der Waals surface area contributed by atoms with Crippen molar-refractivity contribution in [1.82, 2.24) is 14.9 Å². The van der Waals surface area contributed by atoms with E-state index in [0.29, 0.717) is 24.0 Å². The first-order valence-electron chi connectivity index (χ1n) is 10.1. The number of aromatic nitrogens is 2. The molecule has 4 rings (SSSR count). The van der Waals surface area contributed by atoms with Gasteiger partial charge in [0.2, 0.25) is 0 Å². The van der Waals surface area contributed by atoms with Gasteiger partial charge in [-0.15, -0.1) is 13.2 Å². The van der Waals surface area contributed by atoms with Gasteiger partial charge in [-0.2, -0.15) is 0 Å². The standard InChI is InChI=1S/C22H22F3N3O3/c23-22(24,25)31-15-9-7-14(8-10-15)12-28-13-16(20-18(28)5-3-11-26-20)21(30)27-17-4-1-2-6-19(17)29/h3,5,7-11,13,17,19,29H,1-2,4,6,12H2,(H,27,30)/t17-,19-/m0/s1. The molecule has 31 heavy (non-hydrogen) atoms. The van der Waals surface area contributed by atoms with E-state index in [0.717, 1.165) is 30.3 Å². The van der Waals surface area contributed by atoms with Crippen molar-refractivity contribution in [3.05, 3.63) is 59.9 Å². The van der Waals surface area contributed by atoms with Crippen LogP contribution in [0.2, 0.25) is 0 Å². The molecule has 9 heteroatoms. The van der Waals surface area contributed by atoms with Crippen molar-refractivity contribution < 1.29 is 27.8 Å². The third-order valence-electron chi connectivity index (χ3n) is 5.44. The minimum absolute atomic E-state index is 0.287. The molecule has 2 N–H and O–H groups in total. The number of halogens is 3. The molecule has 164 valence electrons. The Labute approximate surface area is 176 Å². The smallest absolute Gasteiger partial charge is 0.406 e. The maximum Gasteiger partial charge on any atom is 0.573 e. The Bertz CT molecular complexity index is 1060. The second-order valence-electron chi connectivity index (χ2n) is 7.67. The van der Waals surface area contributed by atoms with Crippen LogP contribution in [0.1, 0.15) is 41.6 Å². The number of fused-ring (bicyclic) bond motifs is 1. The first-order valence-corrected chi connectivity index (χ1v) is 10.1. The van der Waals surface area contributed by atoms with E-state index < -0.39 is 12.5 Å². The Hall–Kier alpha value is -3.07. The molecule has 0 bridgehead atoms. The number of nitrogens with one attached hydrogen (secondary N) is 1. The average molecular weight is 433 g/mol. The summed E-state index contributed by atoms with van der Waals surface area (Å²) >= 11 is 0. The Morgan fingerprint density at radius 1 is 1.19 bits per heavy atom. The summed E-state index contributed by atoms with van der Waals surface area (Å²) in [6, 6.07) is 8.89. The van der Waals surface area contributed by atoms with Crippen LogP contribution in [-0.2, 0) is 6.54 Å². The van der Waals surface area contributed by atoms with Gasteiger partial charge in [-0.25, -0.2) is 0 Å². The number of ether oxygens (including phenoxy) is 1. The van der Waals surface area contributed by atoms with Crippen LogP contribution in [-0.4, -0.2) is 39.1 Å². The molecule has 0 radical (unpaired) electrons. The van der Waals surface area contributed by atoms with Crippen molar-refractivity contribution in [3.8, 4) is 5.75 Å². The highest BCUT2D eigenvalue weighted by Crippen LogP contribution is 2.25. The fourth-order valence-corrected chi connectivity index (χ4v) is 3.94. The molecule has 1 aliphatic carbocycles. The first kappa shape index (κ1) is 21.2. The molecule has 0 unspecified atom stereocenters. The van der Waals surface area contributed by atoms with Crippen LogP contribution in [0, 0.1) is 0 Å². The highest BCUT2D eigenvalue weighted by Gasteiger charge is 2.31. The lowest BCUT2D eigenvalue weighted by Gasteiger charge is -2.28. The van der Waals surface area contributed by atoms with E-state index in [1.165, 1.54) is 12.1 Å². The Balaban J connectivity index is 1.56. The first-order chi connectivity index (χ1) is 14.8. The zero-order valence-corrected chi connectivity index (χ0v) is 16.6. The molecule has 0 aliphatic heterocycles. The molecule has 2 heterocycles. The Morgan fingerprint density at radius 2 is 1.94 bits per heavy atom. The predicted octanol–water partition coefficient (Wildman–Crippen LogP) is 4.02. The SMILES string of the molecule is O=C(N[C@H]1CCCC[C@@H]1O)c1cn(Cc2ccc(OC(F)(F)F)cc2)c2cccnc12. The third kappa shape index (κ3) is 4.99. The lowest BCUT2D eigenvalue weighted by molar-refractivity contribution is -0.274. The van der Waals surface area contributed by atoms with Crippen LogP contribution >= 0.6 is 0 Å². The molecule has 2 aromatic heterocycles. The number of aliphatic hydroxyl groups excluding tert-OH is 1. The van der Waals surface area contributed by atoms with Gasteiger partial charge >= 0.3 is 6.36 Å². The van der Waals surface area contributed by atoms with Gasteiger partial charge in [0, 0.05) is 18.9 Å². The molecule has 2 atom stereocenters. The van der Waals surface area contributed by atoms with Crippen LogP contribution in [0.5, 0.6) is 5.75 Å². The average Bonchev–Trinajstić information content (AvgIpc) is 3.09. The summed E-state index contributed by atoms with van der Waals surface area (Å²) in [5.41, 5.74) is 2.39. The van der Waals surface area contributed by atoms with Crippen LogP contribution in [0.15, 0.2) is 48.8 Å². The van der Waals surface area contributed by atoms with E-state index in [9.17, 15) is 23.1 Å². The van der Waals surface area contributed by atoms with Gasteiger partial charge in [-0.1, -0.05) is 25.0 Å². The number of aliphatic hydroxyl groups is 1. The molecule has 3 aromatic rings. The largest absolute Gasteiger partial charge is 0.573 e. The van der Waals surface area contributed by atoms with Crippen molar-refractivity contribution in [1.29, 1.82) is 0 Å². The highest BCUT2D eigenvalue weighted by molar-refractivity contribution is 6.05. The van der Waals surface area contributed by atoms with Crippen LogP contribution in [0.25, 0.3) is 11.0 Å². The maximum atomic E-state index is 12.9. The lowest BCUT2D eigenvalue weighted by atomic mass is 9.92. The fourth-order valence-electron chi connectivity index (χ4n) is 3.94. The van der Waals surface area contributed by atoms with Gasteiger partial charge in [0.25, 0.3) is 5.91 Å². The summed E-state index contributed by atoms with van der Waals surface area (Å²) in [5.74, 6) is -0.594. The van der Waals surface area contributed by atoms with E-state index in [1.807, 2.05) is 10.6 Å². The molecule has 6 nitrogen and oxygen atoms in total. The second kappa shape index (κ2) is 8.58. The summed E-state index contributed by atoms with van der Waals surface area (Å²) in [7, 11) is 0. The van der Waals surface area contributed by atoms with Crippen LogP contribution < -0.4 is 10.1 Å². The second-order valence-corrected chi connectivity index (χ2v) is 7.67. The van der Waals surface area contributed by atoms with Crippen molar-refractivity contribution in [3.63, 3.8) is 0 Å². The molecule has 0 spiro atoms. The normalized spacial score (nSPS) is 19.4. The number of hydrogen-bond donors (Lipinski definition) is 2. The number of alkyl halides is 3. The number of nitrogens with zero attached hydrogens (tertiary/aromatic N) is 2. The van der Waals surface area contributed by atoms with Crippen LogP contribution in [0.4, 0.5) is 13.2 Å². The Morgan fingerprint density at radius 3 is 2.65 bits per heavy atom. The zero-order chi connectivity index (χ0) is 22.0. The molecular weight excluding hydrogens is 411 g/mol. The number of carbonyl (C=O) groups is 1. The summed E-state index contributed by atoms with van der Waals surface area (Å²) in [6.07, 6.45) is 1.28. The van der Waals surface area contributed by atoms with E-state index in [1.54, 1.807) is 30.6 Å². The van der Waals surface area contributed by atoms with Gasteiger partial charge in [-0.05, 0) is 42.7 Å². The summed E-state index contributed by atoms with van der Waals surface area (Å²) in [6.45, 7) is 0.341. The summed E-state index contributed by atoms with van der Waals surface area (Å²) < 4.78 is 42.8. The molecule has 1 aliphatic rings. The third-order valence-corrected chi connectivity index (χ3v) is 5.44. The van der Waals surface area contributed by atoms with Crippen molar-refractivity contribution in [2.45, 2.75) is 50.7 Å². The zero-order valence-electron chi connectivity index (χ0n) is 16.6. The van der Waals surface area contributed by atoms with E-state index in [4.69, 9.17) is 0 Å². The number of rotatable bonds is 5. The molecule has 1 aromatic carbocycles. The maximum absolute atomic E-state index is 12.9. The van der Waals surface area contributed by atoms with Gasteiger partial charge < -0.3 is 19.7 Å². The quantitative estimate of drug-likeness (QED) is 0.637. The minimum atomic E-state index is -4.74. The molecule has 0 saturated heterocycles. The van der Waals surface area contributed by atoms with E-state index in [2.05, 4.69) is 15.0 Å². The van der Waals surface area contributed by atoms with Crippen molar-refractivity contribution in [2.24, 2.45) is 0 Å². The molecular formula is C22H22F3N3O3. The number of benzene rings is 1. The van der Waals surface area contributed by atoms with E-state index >= 15 is 0 Å².